The highest BCUT2D eigenvalue weighted by Gasteiger charge is 2.19. The molecule has 0 radical (unpaired) electrons. The third-order valence-corrected chi connectivity index (χ3v) is 5.77. The van der Waals surface area contributed by atoms with Crippen molar-refractivity contribution in [3.05, 3.63) is 72.3 Å². The molecule has 4 heteroatoms. The molecule has 1 aliphatic rings. The normalized spacial score (nSPS) is 14.2. The van der Waals surface area contributed by atoms with Crippen molar-refractivity contribution >= 4 is 22.4 Å². The Kier molecular flexibility index (Phi) is 6.53. The van der Waals surface area contributed by atoms with Crippen LogP contribution in [-0.2, 0) is 11.2 Å². The lowest BCUT2D eigenvalue weighted by Gasteiger charge is -2.31. The molecule has 0 aromatic heterocycles. The average molecular weight is 403 g/mol. The van der Waals surface area contributed by atoms with Crippen LogP contribution in [0.1, 0.15) is 31.7 Å². The van der Waals surface area contributed by atoms with Crippen molar-refractivity contribution in [1.29, 1.82) is 0 Å². The third-order valence-electron chi connectivity index (χ3n) is 5.77. The summed E-state index contributed by atoms with van der Waals surface area (Å²) < 4.78 is 6.00. The van der Waals surface area contributed by atoms with Crippen molar-refractivity contribution in [2.24, 2.45) is 0 Å². The summed E-state index contributed by atoms with van der Waals surface area (Å²) in [5.74, 6) is 0.699. The van der Waals surface area contributed by atoms with Crippen LogP contribution < -0.4 is 15.0 Å². The van der Waals surface area contributed by atoms with Gasteiger partial charge in [-0.1, -0.05) is 55.5 Å². The zero-order chi connectivity index (χ0) is 20.8. The van der Waals surface area contributed by atoms with Gasteiger partial charge in [-0.25, -0.2) is 0 Å². The molecule has 4 nitrogen and oxygen atoms in total. The first-order valence-corrected chi connectivity index (χ1v) is 11.0. The van der Waals surface area contributed by atoms with Crippen LogP contribution in [0.3, 0.4) is 0 Å². The second-order valence-corrected chi connectivity index (χ2v) is 7.89. The van der Waals surface area contributed by atoms with Gasteiger partial charge in [-0.2, -0.15) is 0 Å². The number of amides is 1. The molecule has 1 heterocycles. The summed E-state index contributed by atoms with van der Waals surface area (Å²) in [5, 5.41) is 5.35. The van der Waals surface area contributed by atoms with E-state index in [1.807, 2.05) is 37.3 Å². The van der Waals surface area contributed by atoms with E-state index in [2.05, 4.69) is 46.6 Å². The summed E-state index contributed by atoms with van der Waals surface area (Å²) in [6, 6.07) is 22.8. The highest BCUT2D eigenvalue weighted by atomic mass is 16.5. The first-order valence-electron chi connectivity index (χ1n) is 11.0. The minimum Gasteiger partial charge on any atom is -0.481 e. The number of rotatable bonds is 8. The number of anilines is 1. The van der Waals surface area contributed by atoms with Crippen LogP contribution in [0.2, 0.25) is 0 Å². The zero-order valence-electron chi connectivity index (χ0n) is 17.6. The van der Waals surface area contributed by atoms with Gasteiger partial charge in [0.2, 0.25) is 0 Å². The molecule has 1 atom stereocenters. The number of carbonyl (C=O) groups is 1. The van der Waals surface area contributed by atoms with Crippen LogP contribution in [0, 0.1) is 0 Å². The molecular weight excluding hydrogens is 372 g/mol. The lowest BCUT2D eigenvalue weighted by atomic mass is 10.0. The molecule has 0 bridgehead atoms. The van der Waals surface area contributed by atoms with Gasteiger partial charge < -0.3 is 15.0 Å². The van der Waals surface area contributed by atoms with Gasteiger partial charge in [-0.05, 0) is 60.2 Å². The Balaban J connectivity index is 1.27. The maximum atomic E-state index is 12.6. The Labute approximate surface area is 178 Å². The number of carbonyl (C=O) groups excluding carboxylic acids is 1. The molecule has 0 aliphatic carbocycles. The van der Waals surface area contributed by atoms with E-state index in [4.69, 9.17) is 4.74 Å². The van der Waals surface area contributed by atoms with E-state index in [-0.39, 0.29) is 5.91 Å². The molecule has 156 valence electrons. The number of para-hydroxylation sites is 1. The molecular formula is C26H30N2O2. The molecule has 1 N–H and O–H groups in total. The quantitative estimate of drug-likeness (QED) is 0.542. The molecule has 0 fully saturated rings. The minimum atomic E-state index is -0.470. The van der Waals surface area contributed by atoms with Crippen LogP contribution in [0.5, 0.6) is 5.75 Å². The average Bonchev–Trinajstić information content (AvgIpc) is 2.80. The predicted octanol–water partition coefficient (Wildman–Crippen LogP) is 4.96. The molecule has 30 heavy (non-hydrogen) atoms. The van der Waals surface area contributed by atoms with Gasteiger partial charge in [0.25, 0.3) is 5.91 Å². The summed E-state index contributed by atoms with van der Waals surface area (Å²) in [6.07, 6.45) is 3.45. The largest absolute Gasteiger partial charge is 0.481 e. The van der Waals surface area contributed by atoms with Gasteiger partial charge in [-0.3, -0.25) is 4.79 Å². The third kappa shape index (κ3) is 4.76. The standard InChI is InChI=1S/C26H30N2O2/c1-2-25(30-23-15-14-20-9-3-4-11-22(20)19-23)26(29)27-16-8-18-28-17-7-12-21-10-5-6-13-24(21)28/h3-6,9-11,13-15,19,25H,2,7-8,12,16-18H2,1H3,(H,27,29). The smallest absolute Gasteiger partial charge is 0.261 e. The summed E-state index contributed by atoms with van der Waals surface area (Å²) in [6.45, 7) is 4.69. The van der Waals surface area contributed by atoms with Crippen molar-refractivity contribution in [2.45, 2.75) is 38.7 Å². The van der Waals surface area contributed by atoms with Crippen molar-refractivity contribution in [3.8, 4) is 5.75 Å². The zero-order valence-corrected chi connectivity index (χ0v) is 17.6. The van der Waals surface area contributed by atoms with Gasteiger partial charge in [-0.15, -0.1) is 0 Å². The van der Waals surface area contributed by atoms with Gasteiger partial charge in [0, 0.05) is 25.3 Å². The van der Waals surface area contributed by atoms with Gasteiger partial charge >= 0.3 is 0 Å². The number of nitrogens with zero attached hydrogens (tertiary/aromatic N) is 1. The highest BCUT2D eigenvalue weighted by Crippen LogP contribution is 2.26. The molecule has 3 aromatic rings. The maximum Gasteiger partial charge on any atom is 0.261 e. The topological polar surface area (TPSA) is 41.6 Å². The molecule has 0 spiro atoms. The number of benzene rings is 3. The van der Waals surface area contributed by atoms with E-state index in [1.165, 1.54) is 23.1 Å². The number of ether oxygens (including phenoxy) is 1. The highest BCUT2D eigenvalue weighted by molar-refractivity contribution is 5.84. The van der Waals surface area contributed by atoms with Crippen LogP contribution in [0.25, 0.3) is 10.8 Å². The summed E-state index contributed by atoms with van der Waals surface area (Å²) in [7, 11) is 0. The Morgan fingerprint density at radius 1 is 1.07 bits per heavy atom. The van der Waals surface area contributed by atoms with Crippen LogP contribution in [0.15, 0.2) is 66.7 Å². The lowest BCUT2D eigenvalue weighted by molar-refractivity contribution is -0.128. The molecule has 3 aromatic carbocycles. The SMILES string of the molecule is CCC(Oc1ccc2ccccc2c1)C(=O)NCCCN1CCCc2ccccc21. The predicted molar refractivity (Wildman–Crippen MR) is 123 cm³/mol. The molecule has 1 aliphatic heterocycles. The number of hydrogen-bond acceptors (Lipinski definition) is 3. The minimum absolute atomic E-state index is 0.0373. The monoisotopic (exact) mass is 402 g/mol. The van der Waals surface area contributed by atoms with Crippen molar-refractivity contribution < 1.29 is 9.53 Å². The maximum absolute atomic E-state index is 12.6. The van der Waals surface area contributed by atoms with E-state index in [0.29, 0.717) is 13.0 Å². The van der Waals surface area contributed by atoms with Crippen molar-refractivity contribution in [2.75, 3.05) is 24.5 Å². The summed E-state index contributed by atoms with van der Waals surface area (Å²) in [4.78, 5) is 15.1. The fourth-order valence-electron chi connectivity index (χ4n) is 4.17. The van der Waals surface area contributed by atoms with Crippen LogP contribution in [0.4, 0.5) is 5.69 Å². The first kappa shape index (κ1) is 20.3. The fraction of sp³-hybridized carbons (Fsp3) is 0.346. The van der Waals surface area contributed by atoms with Crippen molar-refractivity contribution in [3.63, 3.8) is 0 Å². The molecule has 0 saturated heterocycles. The van der Waals surface area contributed by atoms with Crippen LogP contribution in [-0.4, -0.2) is 31.6 Å². The van der Waals surface area contributed by atoms with E-state index in [9.17, 15) is 4.79 Å². The first-order chi connectivity index (χ1) is 14.7. The lowest BCUT2D eigenvalue weighted by Crippen LogP contribution is -2.39. The summed E-state index contributed by atoms with van der Waals surface area (Å²) in [5.41, 5.74) is 2.78. The van der Waals surface area contributed by atoms with E-state index in [1.54, 1.807) is 0 Å². The Morgan fingerprint density at radius 2 is 1.87 bits per heavy atom. The van der Waals surface area contributed by atoms with Crippen LogP contribution >= 0.6 is 0 Å². The molecule has 4 rings (SSSR count). The van der Waals surface area contributed by atoms with E-state index >= 15 is 0 Å². The second kappa shape index (κ2) is 9.66. The Bertz CT molecular complexity index is 1000. The van der Waals surface area contributed by atoms with E-state index < -0.39 is 6.10 Å². The molecule has 1 amide bonds. The molecule has 0 saturated carbocycles. The van der Waals surface area contributed by atoms with Gasteiger partial charge in [0.1, 0.15) is 5.75 Å². The number of aryl methyl sites for hydroxylation is 1. The molecule has 1 unspecified atom stereocenters. The Morgan fingerprint density at radius 3 is 2.73 bits per heavy atom. The Hall–Kier alpha value is -3.01. The van der Waals surface area contributed by atoms with Gasteiger partial charge in [0.15, 0.2) is 6.10 Å². The second-order valence-electron chi connectivity index (χ2n) is 7.89. The number of hydrogen-bond donors (Lipinski definition) is 1. The number of fused-ring (bicyclic) bond motifs is 2. The number of nitrogens with one attached hydrogen (secondary N) is 1. The van der Waals surface area contributed by atoms with E-state index in [0.717, 1.165) is 37.1 Å². The van der Waals surface area contributed by atoms with Gasteiger partial charge in [0.05, 0.1) is 0 Å². The fourth-order valence-corrected chi connectivity index (χ4v) is 4.17. The van der Waals surface area contributed by atoms with Crippen molar-refractivity contribution in [1.82, 2.24) is 5.32 Å². The summed E-state index contributed by atoms with van der Waals surface area (Å²) >= 11 is 0.